The fourth-order valence-electron chi connectivity index (χ4n) is 2.90. The predicted octanol–water partition coefficient (Wildman–Crippen LogP) is 3.63. The fraction of sp³-hybridized carbons (Fsp3) is 0.333. The van der Waals surface area contributed by atoms with E-state index >= 15 is 0 Å². The van der Waals surface area contributed by atoms with E-state index in [4.69, 9.17) is 0 Å². The van der Waals surface area contributed by atoms with E-state index < -0.39 is 11.9 Å². The van der Waals surface area contributed by atoms with Crippen molar-refractivity contribution >= 4 is 11.9 Å². The average molecular weight is 339 g/mol. The number of carboxylic acid groups (broad SMARTS) is 1. The lowest BCUT2D eigenvalue weighted by molar-refractivity contribution is -0.141. The fourth-order valence-corrected chi connectivity index (χ4v) is 2.90. The third kappa shape index (κ3) is 6.07. The second kappa shape index (κ2) is 9.62. The van der Waals surface area contributed by atoms with Gasteiger partial charge in [-0.2, -0.15) is 0 Å². The van der Waals surface area contributed by atoms with Crippen molar-refractivity contribution in [1.82, 2.24) is 5.32 Å². The Bertz CT molecular complexity index is 670. The molecule has 0 bridgehead atoms. The Morgan fingerprint density at radius 3 is 2.16 bits per heavy atom. The van der Waals surface area contributed by atoms with Gasteiger partial charge in [0.2, 0.25) is 5.91 Å². The van der Waals surface area contributed by atoms with Crippen LogP contribution in [-0.2, 0) is 16.0 Å². The Kier molecular flexibility index (Phi) is 7.20. The van der Waals surface area contributed by atoms with Crippen LogP contribution in [0.3, 0.4) is 0 Å². The molecule has 0 aliphatic rings. The second-order valence-electron chi connectivity index (χ2n) is 6.25. The van der Waals surface area contributed by atoms with Crippen molar-refractivity contribution in [2.45, 2.75) is 32.1 Å². The molecule has 0 heterocycles. The molecule has 4 nitrogen and oxygen atoms in total. The van der Waals surface area contributed by atoms with Crippen molar-refractivity contribution in [2.75, 3.05) is 6.54 Å². The summed E-state index contributed by atoms with van der Waals surface area (Å²) in [6.07, 6.45) is 1.65. The van der Waals surface area contributed by atoms with Crippen molar-refractivity contribution in [3.8, 4) is 0 Å². The Morgan fingerprint density at radius 2 is 1.60 bits per heavy atom. The number of hydrogen-bond acceptors (Lipinski definition) is 2. The molecule has 2 aromatic carbocycles. The summed E-state index contributed by atoms with van der Waals surface area (Å²) in [6.45, 7) is 2.20. The van der Waals surface area contributed by atoms with Gasteiger partial charge in [-0.05, 0) is 29.9 Å². The number of carbonyl (C=O) groups is 2. The number of benzene rings is 2. The van der Waals surface area contributed by atoms with Gasteiger partial charge in [0.15, 0.2) is 0 Å². The second-order valence-corrected chi connectivity index (χ2v) is 6.25. The SMILES string of the molecule is CCC(CC(=O)NCC(Cc1ccccc1)C(=O)O)c1ccccc1. The Balaban J connectivity index is 1.89. The van der Waals surface area contributed by atoms with Crippen molar-refractivity contribution in [3.05, 3.63) is 71.8 Å². The summed E-state index contributed by atoms with van der Waals surface area (Å²) in [5.41, 5.74) is 2.10. The molecule has 2 N–H and O–H groups in total. The molecule has 0 aromatic heterocycles. The van der Waals surface area contributed by atoms with E-state index in [1.54, 1.807) is 0 Å². The Hall–Kier alpha value is -2.62. The number of carbonyl (C=O) groups excluding carboxylic acids is 1. The largest absolute Gasteiger partial charge is 0.481 e. The maximum Gasteiger partial charge on any atom is 0.308 e. The first-order valence-corrected chi connectivity index (χ1v) is 8.68. The molecule has 2 aromatic rings. The van der Waals surface area contributed by atoms with E-state index in [0.717, 1.165) is 17.5 Å². The van der Waals surface area contributed by atoms with Crippen LogP contribution in [0.1, 0.15) is 36.8 Å². The lowest BCUT2D eigenvalue weighted by atomic mass is 9.93. The van der Waals surface area contributed by atoms with E-state index in [0.29, 0.717) is 12.8 Å². The molecule has 0 saturated heterocycles. The van der Waals surface area contributed by atoms with Crippen LogP contribution in [0.25, 0.3) is 0 Å². The highest BCUT2D eigenvalue weighted by Crippen LogP contribution is 2.22. The first kappa shape index (κ1) is 18.7. The zero-order chi connectivity index (χ0) is 18.1. The van der Waals surface area contributed by atoms with Gasteiger partial charge in [-0.15, -0.1) is 0 Å². The molecule has 25 heavy (non-hydrogen) atoms. The van der Waals surface area contributed by atoms with Crippen LogP contribution < -0.4 is 5.32 Å². The standard InChI is InChI=1S/C21H25NO3/c1-2-17(18-11-7-4-8-12-18)14-20(23)22-15-19(21(24)25)13-16-9-5-3-6-10-16/h3-12,17,19H,2,13-15H2,1H3,(H,22,23)(H,24,25). The average Bonchev–Trinajstić information content (AvgIpc) is 2.64. The van der Waals surface area contributed by atoms with Crippen LogP contribution in [0.15, 0.2) is 60.7 Å². The molecule has 2 atom stereocenters. The molecule has 0 saturated carbocycles. The minimum atomic E-state index is -0.890. The number of amides is 1. The van der Waals surface area contributed by atoms with E-state index in [1.165, 1.54) is 0 Å². The Labute approximate surface area is 148 Å². The van der Waals surface area contributed by atoms with Gasteiger partial charge in [0.1, 0.15) is 0 Å². The van der Waals surface area contributed by atoms with E-state index in [-0.39, 0.29) is 18.4 Å². The summed E-state index contributed by atoms with van der Waals surface area (Å²) in [7, 11) is 0. The topological polar surface area (TPSA) is 66.4 Å². The summed E-state index contributed by atoms with van der Waals surface area (Å²) in [4.78, 5) is 23.7. The molecule has 0 spiro atoms. The summed E-state index contributed by atoms with van der Waals surface area (Å²) in [5, 5.41) is 12.2. The Morgan fingerprint density at radius 1 is 1.00 bits per heavy atom. The van der Waals surface area contributed by atoms with E-state index in [1.807, 2.05) is 60.7 Å². The number of nitrogens with one attached hydrogen (secondary N) is 1. The number of hydrogen-bond donors (Lipinski definition) is 2. The highest BCUT2D eigenvalue weighted by molar-refractivity contribution is 5.78. The van der Waals surface area contributed by atoms with Crippen LogP contribution in [-0.4, -0.2) is 23.5 Å². The molecule has 2 rings (SSSR count). The minimum absolute atomic E-state index is 0.102. The van der Waals surface area contributed by atoms with E-state index in [9.17, 15) is 14.7 Å². The molecule has 4 heteroatoms. The van der Waals surface area contributed by atoms with Crippen molar-refractivity contribution in [3.63, 3.8) is 0 Å². The summed E-state index contributed by atoms with van der Waals surface area (Å²) in [5.74, 6) is -1.46. The molecule has 132 valence electrons. The highest BCUT2D eigenvalue weighted by atomic mass is 16.4. The minimum Gasteiger partial charge on any atom is -0.481 e. The van der Waals surface area contributed by atoms with Crippen molar-refractivity contribution < 1.29 is 14.7 Å². The quantitative estimate of drug-likeness (QED) is 0.733. The number of carboxylic acids is 1. The number of aliphatic carboxylic acids is 1. The third-order valence-corrected chi connectivity index (χ3v) is 4.42. The van der Waals surface area contributed by atoms with E-state index in [2.05, 4.69) is 12.2 Å². The monoisotopic (exact) mass is 339 g/mol. The number of rotatable bonds is 9. The first-order chi connectivity index (χ1) is 12.1. The van der Waals surface area contributed by atoms with Gasteiger partial charge < -0.3 is 10.4 Å². The lowest BCUT2D eigenvalue weighted by Gasteiger charge is -2.17. The normalized spacial score (nSPS) is 13.0. The van der Waals surface area contributed by atoms with Gasteiger partial charge in [0.25, 0.3) is 0 Å². The van der Waals surface area contributed by atoms with Crippen LogP contribution in [0.4, 0.5) is 0 Å². The molecular weight excluding hydrogens is 314 g/mol. The lowest BCUT2D eigenvalue weighted by Crippen LogP contribution is -2.34. The zero-order valence-corrected chi connectivity index (χ0v) is 14.5. The van der Waals surface area contributed by atoms with Gasteiger partial charge in [0, 0.05) is 13.0 Å². The third-order valence-electron chi connectivity index (χ3n) is 4.42. The van der Waals surface area contributed by atoms with Gasteiger partial charge in [-0.1, -0.05) is 67.6 Å². The first-order valence-electron chi connectivity index (χ1n) is 8.68. The van der Waals surface area contributed by atoms with Gasteiger partial charge >= 0.3 is 5.97 Å². The van der Waals surface area contributed by atoms with Crippen molar-refractivity contribution in [1.29, 1.82) is 0 Å². The highest BCUT2D eigenvalue weighted by Gasteiger charge is 2.20. The maximum absolute atomic E-state index is 12.3. The van der Waals surface area contributed by atoms with Gasteiger partial charge in [-0.3, -0.25) is 9.59 Å². The smallest absolute Gasteiger partial charge is 0.308 e. The predicted molar refractivity (Wildman–Crippen MR) is 98.4 cm³/mol. The van der Waals surface area contributed by atoms with Crippen LogP contribution >= 0.6 is 0 Å². The summed E-state index contributed by atoms with van der Waals surface area (Å²) >= 11 is 0. The van der Waals surface area contributed by atoms with Gasteiger partial charge in [-0.25, -0.2) is 0 Å². The molecule has 0 aliphatic carbocycles. The maximum atomic E-state index is 12.3. The van der Waals surface area contributed by atoms with Gasteiger partial charge in [0.05, 0.1) is 5.92 Å². The van der Waals surface area contributed by atoms with Crippen LogP contribution in [0.5, 0.6) is 0 Å². The van der Waals surface area contributed by atoms with Crippen LogP contribution in [0.2, 0.25) is 0 Å². The summed E-state index contributed by atoms with van der Waals surface area (Å²) in [6, 6.07) is 19.4. The molecular formula is C21H25NO3. The molecule has 0 fully saturated rings. The zero-order valence-electron chi connectivity index (χ0n) is 14.5. The summed E-state index contributed by atoms with van der Waals surface area (Å²) < 4.78 is 0. The molecule has 0 aliphatic heterocycles. The molecule has 0 radical (unpaired) electrons. The van der Waals surface area contributed by atoms with Crippen LogP contribution in [0, 0.1) is 5.92 Å². The van der Waals surface area contributed by atoms with Crippen molar-refractivity contribution in [2.24, 2.45) is 5.92 Å². The molecule has 2 unspecified atom stereocenters. The molecule has 1 amide bonds.